The van der Waals surface area contributed by atoms with Crippen molar-refractivity contribution in [3.8, 4) is 0 Å². The highest BCUT2D eigenvalue weighted by Gasteiger charge is 2.22. The Balaban J connectivity index is 2.12. The zero-order valence-corrected chi connectivity index (χ0v) is 9.26. The SMILES string of the molecule is Cc1cc(F)c(NC2CCC(N)C2)cc1F. The van der Waals surface area contributed by atoms with Crippen LogP contribution in [-0.4, -0.2) is 12.1 Å². The Morgan fingerprint density at radius 2 is 2.00 bits per heavy atom. The Hall–Kier alpha value is -1.16. The van der Waals surface area contributed by atoms with Gasteiger partial charge in [-0.25, -0.2) is 8.78 Å². The zero-order valence-electron chi connectivity index (χ0n) is 9.26. The summed E-state index contributed by atoms with van der Waals surface area (Å²) in [6.07, 6.45) is 2.67. The van der Waals surface area contributed by atoms with Gasteiger partial charge in [-0.3, -0.25) is 0 Å². The fourth-order valence-electron chi connectivity index (χ4n) is 2.12. The molecule has 0 saturated heterocycles. The van der Waals surface area contributed by atoms with Crippen LogP contribution in [0, 0.1) is 18.6 Å². The summed E-state index contributed by atoms with van der Waals surface area (Å²) in [5.41, 5.74) is 6.33. The third-order valence-corrected chi connectivity index (χ3v) is 3.08. The molecule has 0 aliphatic heterocycles. The van der Waals surface area contributed by atoms with Crippen molar-refractivity contribution in [2.45, 2.75) is 38.3 Å². The highest BCUT2D eigenvalue weighted by molar-refractivity contribution is 5.47. The standard InChI is InChI=1S/C12H16F2N2/c1-7-4-11(14)12(6-10(7)13)16-9-3-2-8(15)5-9/h4,6,8-9,16H,2-3,5,15H2,1H3. The molecule has 88 valence electrons. The van der Waals surface area contributed by atoms with E-state index in [0.717, 1.165) is 19.3 Å². The summed E-state index contributed by atoms with van der Waals surface area (Å²) in [4.78, 5) is 0. The normalized spacial score (nSPS) is 24.8. The number of nitrogens with one attached hydrogen (secondary N) is 1. The fraction of sp³-hybridized carbons (Fsp3) is 0.500. The first-order chi connectivity index (χ1) is 7.56. The summed E-state index contributed by atoms with van der Waals surface area (Å²) in [7, 11) is 0. The van der Waals surface area contributed by atoms with Crippen LogP contribution in [0.4, 0.5) is 14.5 Å². The molecule has 0 amide bonds. The first kappa shape index (κ1) is 11.3. The number of nitrogens with two attached hydrogens (primary N) is 1. The predicted octanol–water partition coefficient (Wildman–Crippen LogP) is 2.56. The molecule has 2 nitrogen and oxygen atoms in total. The lowest BCUT2D eigenvalue weighted by atomic mass is 10.1. The monoisotopic (exact) mass is 226 g/mol. The van der Waals surface area contributed by atoms with Crippen LogP contribution in [0.15, 0.2) is 12.1 Å². The van der Waals surface area contributed by atoms with E-state index in [0.29, 0.717) is 5.56 Å². The van der Waals surface area contributed by atoms with Gasteiger partial charge in [-0.05, 0) is 37.8 Å². The predicted molar refractivity (Wildman–Crippen MR) is 60.3 cm³/mol. The summed E-state index contributed by atoms with van der Waals surface area (Å²) in [6.45, 7) is 1.55. The summed E-state index contributed by atoms with van der Waals surface area (Å²) in [5, 5.41) is 3.01. The van der Waals surface area contributed by atoms with Gasteiger partial charge in [0.25, 0.3) is 0 Å². The molecule has 0 spiro atoms. The number of hydrogen-bond acceptors (Lipinski definition) is 2. The van der Waals surface area contributed by atoms with Crippen molar-refractivity contribution < 1.29 is 8.78 Å². The minimum absolute atomic E-state index is 0.159. The van der Waals surface area contributed by atoms with E-state index in [4.69, 9.17) is 5.73 Å². The first-order valence-corrected chi connectivity index (χ1v) is 5.54. The van der Waals surface area contributed by atoms with E-state index in [9.17, 15) is 8.78 Å². The highest BCUT2D eigenvalue weighted by atomic mass is 19.1. The quantitative estimate of drug-likeness (QED) is 0.813. The van der Waals surface area contributed by atoms with Gasteiger partial charge in [-0.15, -0.1) is 0 Å². The van der Waals surface area contributed by atoms with Crippen LogP contribution < -0.4 is 11.1 Å². The van der Waals surface area contributed by atoms with Crippen LogP contribution in [0.5, 0.6) is 0 Å². The molecule has 16 heavy (non-hydrogen) atoms. The average molecular weight is 226 g/mol. The van der Waals surface area contributed by atoms with E-state index in [2.05, 4.69) is 5.32 Å². The van der Waals surface area contributed by atoms with Gasteiger partial charge in [0.1, 0.15) is 11.6 Å². The lowest BCUT2D eigenvalue weighted by molar-refractivity contribution is 0.590. The maximum atomic E-state index is 13.5. The summed E-state index contributed by atoms with van der Waals surface area (Å²) < 4.78 is 26.8. The number of hydrogen-bond donors (Lipinski definition) is 2. The smallest absolute Gasteiger partial charge is 0.146 e. The fourth-order valence-corrected chi connectivity index (χ4v) is 2.12. The second-order valence-corrected chi connectivity index (χ2v) is 4.50. The van der Waals surface area contributed by atoms with Gasteiger partial charge in [0, 0.05) is 18.2 Å². The average Bonchev–Trinajstić information content (AvgIpc) is 2.60. The molecule has 1 aliphatic carbocycles. The molecule has 4 heteroatoms. The van der Waals surface area contributed by atoms with Crippen LogP contribution >= 0.6 is 0 Å². The minimum atomic E-state index is -0.403. The molecule has 0 radical (unpaired) electrons. The van der Waals surface area contributed by atoms with Crippen LogP contribution in [-0.2, 0) is 0 Å². The van der Waals surface area contributed by atoms with Crippen molar-refractivity contribution in [3.63, 3.8) is 0 Å². The number of benzene rings is 1. The topological polar surface area (TPSA) is 38.0 Å². The molecule has 2 rings (SSSR count). The second kappa shape index (κ2) is 4.37. The number of aryl methyl sites for hydroxylation is 1. The molecule has 0 aromatic heterocycles. The van der Waals surface area contributed by atoms with Gasteiger partial charge < -0.3 is 11.1 Å². The lowest BCUT2D eigenvalue weighted by Gasteiger charge is -2.15. The summed E-state index contributed by atoms with van der Waals surface area (Å²) in [5.74, 6) is -0.787. The van der Waals surface area contributed by atoms with Crippen molar-refractivity contribution in [3.05, 3.63) is 29.3 Å². The number of halogens is 2. The third kappa shape index (κ3) is 2.32. The third-order valence-electron chi connectivity index (χ3n) is 3.08. The van der Waals surface area contributed by atoms with E-state index in [1.54, 1.807) is 6.92 Å². The first-order valence-electron chi connectivity index (χ1n) is 5.54. The van der Waals surface area contributed by atoms with Gasteiger partial charge in [0.05, 0.1) is 5.69 Å². The number of rotatable bonds is 2. The van der Waals surface area contributed by atoms with Gasteiger partial charge in [0.15, 0.2) is 0 Å². The van der Waals surface area contributed by atoms with E-state index in [1.807, 2.05) is 0 Å². The maximum Gasteiger partial charge on any atom is 0.146 e. The molecule has 2 unspecified atom stereocenters. The molecular weight excluding hydrogens is 210 g/mol. The minimum Gasteiger partial charge on any atom is -0.380 e. The molecule has 1 aromatic carbocycles. The van der Waals surface area contributed by atoms with E-state index < -0.39 is 5.82 Å². The van der Waals surface area contributed by atoms with Gasteiger partial charge in [0.2, 0.25) is 0 Å². The largest absolute Gasteiger partial charge is 0.380 e. The van der Waals surface area contributed by atoms with E-state index >= 15 is 0 Å². The van der Waals surface area contributed by atoms with Crippen molar-refractivity contribution in [1.29, 1.82) is 0 Å². The lowest BCUT2D eigenvalue weighted by Crippen LogP contribution is -2.21. The molecule has 0 bridgehead atoms. The van der Waals surface area contributed by atoms with Gasteiger partial charge in [-0.1, -0.05) is 0 Å². The maximum absolute atomic E-state index is 13.5. The molecular formula is C12H16F2N2. The molecule has 2 atom stereocenters. The second-order valence-electron chi connectivity index (χ2n) is 4.50. The molecule has 1 aliphatic rings. The van der Waals surface area contributed by atoms with E-state index in [1.165, 1.54) is 12.1 Å². The van der Waals surface area contributed by atoms with Crippen LogP contribution in [0.2, 0.25) is 0 Å². The molecule has 1 saturated carbocycles. The van der Waals surface area contributed by atoms with Crippen molar-refractivity contribution >= 4 is 5.69 Å². The Morgan fingerprint density at radius 1 is 1.25 bits per heavy atom. The van der Waals surface area contributed by atoms with Crippen LogP contribution in [0.1, 0.15) is 24.8 Å². The Labute approximate surface area is 93.8 Å². The zero-order chi connectivity index (χ0) is 11.7. The Morgan fingerprint density at radius 3 is 2.62 bits per heavy atom. The van der Waals surface area contributed by atoms with E-state index in [-0.39, 0.29) is 23.6 Å². The van der Waals surface area contributed by atoms with Crippen molar-refractivity contribution in [2.75, 3.05) is 5.32 Å². The molecule has 1 fully saturated rings. The van der Waals surface area contributed by atoms with Crippen molar-refractivity contribution in [1.82, 2.24) is 0 Å². The van der Waals surface area contributed by atoms with Gasteiger partial charge >= 0.3 is 0 Å². The Kier molecular flexibility index (Phi) is 3.10. The Bertz CT molecular complexity index is 393. The van der Waals surface area contributed by atoms with Crippen molar-refractivity contribution in [2.24, 2.45) is 5.73 Å². The highest BCUT2D eigenvalue weighted by Crippen LogP contribution is 2.25. The van der Waals surface area contributed by atoms with Crippen LogP contribution in [0.3, 0.4) is 0 Å². The molecule has 1 aromatic rings. The summed E-state index contributed by atoms with van der Waals surface area (Å²) >= 11 is 0. The molecule has 0 heterocycles. The molecule has 3 N–H and O–H groups in total. The van der Waals surface area contributed by atoms with Crippen LogP contribution in [0.25, 0.3) is 0 Å². The van der Waals surface area contributed by atoms with Gasteiger partial charge in [-0.2, -0.15) is 0 Å². The summed E-state index contributed by atoms with van der Waals surface area (Å²) in [6, 6.07) is 2.77. The number of anilines is 1.